The lowest BCUT2D eigenvalue weighted by Gasteiger charge is -2.18. The summed E-state index contributed by atoms with van der Waals surface area (Å²) in [5.41, 5.74) is 6.14. The number of benzene rings is 7. The summed E-state index contributed by atoms with van der Waals surface area (Å²) in [6.45, 7) is 0. The number of pyridine rings is 1. The number of nitrogens with zero attached hydrogens (tertiary/aromatic N) is 8. The number of hydrogen-bond acceptors (Lipinski definition) is 7. The summed E-state index contributed by atoms with van der Waals surface area (Å²) in [5.74, 6) is 2.83. The van der Waals surface area contributed by atoms with E-state index >= 15 is 0 Å². The molecular formula is C49H30N8O. The third kappa shape index (κ3) is 5.44. The molecule has 0 bridgehead atoms. The fourth-order valence-electron chi connectivity index (χ4n) is 7.79. The molecular weight excluding hydrogens is 717 g/mol. The summed E-state index contributed by atoms with van der Waals surface area (Å²) in [4.78, 5) is 45.4. The zero-order valence-corrected chi connectivity index (χ0v) is 30.8. The normalized spacial score (nSPS) is 11.5. The van der Waals surface area contributed by atoms with Crippen LogP contribution in [0.25, 0.3) is 101 Å². The van der Waals surface area contributed by atoms with Crippen molar-refractivity contribution in [3.63, 3.8) is 0 Å². The third-order valence-electron chi connectivity index (χ3n) is 10.4. The van der Waals surface area contributed by atoms with Crippen LogP contribution < -0.4 is 5.43 Å². The number of aromatic nitrogens is 8. The van der Waals surface area contributed by atoms with Gasteiger partial charge in [0, 0.05) is 43.8 Å². The predicted molar refractivity (Wildman–Crippen MR) is 230 cm³/mol. The van der Waals surface area contributed by atoms with Crippen LogP contribution in [0.15, 0.2) is 187 Å². The van der Waals surface area contributed by atoms with Gasteiger partial charge in [-0.1, -0.05) is 158 Å². The van der Waals surface area contributed by atoms with E-state index in [0.29, 0.717) is 57.0 Å². The molecule has 0 atom stereocenters. The molecule has 0 unspecified atom stereocenters. The minimum Gasteiger partial charge on any atom is -0.288 e. The molecule has 11 rings (SSSR count). The first-order chi connectivity index (χ1) is 28.7. The Labute approximate surface area is 331 Å². The van der Waals surface area contributed by atoms with Gasteiger partial charge in [-0.15, -0.1) is 0 Å². The van der Waals surface area contributed by atoms with E-state index in [-0.39, 0.29) is 5.43 Å². The smallest absolute Gasteiger partial charge is 0.238 e. The summed E-state index contributed by atoms with van der Waals surface area (Å²) < 4.78 is 4.05. The molecule has 272 valence electrons. The van der Waals surface area contributed by atoms with Crippen LogP contribution in [-0.2, 0) is 0 Å². The molecule has 0 aliphatic rings. The van der Waals surface area contributed by atoms with Crippen LogP contribution >= 0.6 is 0 Å². The maximum absolute atomic E-state index is 14.7. The van der Waals surface area contributed by atoms with E-state index in [0.717, 1.165) is 44.1 Å². The molecule has 0 aliphatic heterocycles. The molecule has 0 amide bonds. The standard InChI is InChI=1S/C49H30N8O/c58-43-37-26-14-16-28-40(37)57(49-54-46(33-21-9-3-10-22-33)51-47(55-49)34-23-11-4-12-24-34)42-38(43)30-29-36-35-25-13-15-27-39(35)56(41(36)42)48-52-44(31-17-5-1-6-18-31)50-45(53-48)32-19-7-2-8-20-32/h1-30H. The molecule has 9 heteroatoms. The monoisotopic (exact) mass is 746 g/mol. The van der Waals surface area contributed by atoms with Gasteiger partial charge in [0.05, 0.1) is 22.1 Å². The highest BCUT2D eigenvalue weighted by Crippen LogP contribution is 2.38. The molecule has 0 N–H and O–H groups in total. The van der Waals surface area contributed by atoms with Gasteiger partial charge in [0.25, 0.3) is 0 Å². The predicted octanol–water partition coefficient (Wildman–Crippen LogP) is 10.3. The van der Waals surface area contributed by atoms with Gasteiger partial charge < -0.3 is 0 Å². The Morgan fingerprint density at radius 3 is 1.05 bits per heavy atom. The van der Waals surface area contributed by atoms with Crippen molar-refractivity contribution >= 4 is 43.6 Å². The molecule has 0 fully saturated rings. The molecule has 4 aromatic heterocycles. The van der Waals surface area contributed by atoms with Crippen LogP contribution in [-0.4, -0.2) is 39.0 Å². The maximum Gasteiger partial charge on any atom is 0.238 e. The molecule has 11 aromatic rings. The Morgan fingerprint density at radius 1 is 0.293 bits per heavy atom. The molecule has 0 saturated heterocycles. The van der Waals surface area contributed by atoms with Crippen LogP contribution in [0.2, 0.25) is 0 Å². The first-order valence-corrected chi connectivity index (χ1v) is 18.9. The van der Waals surface area contributed by atoms with Crippen LogP contribution in [0.4, 0.5) is 0 Å². The van der Waals surface area contributed by atoms with E-state index in [4.69, 9.17) is 29.9 Å². The lowest BCUT2D eigenvalue weighted by atomic mass is 10.1. The fraction of sp³-hybridized carbons (Fsp3) is 0. The van der Waals surface area contributed by atoms with E-state index in [1.165, 1.54) is 0 Å². The molecule has 4 heterocycles. The van der Waals surface area contributed by atoms with E-state index < -0.39 is 0 Å². The summed E-state index contributed by atoms with van der Waals surface area (Å²) in [7, 11) is 0. The van der Waals surface area contributed by atoms with Gasteiger partial charge >= 0.3 is 0 Å². The number of para-hydroxylation sites is 2. The molecule has 0 aliphatic carbocycles. The average Bonchev–Trinajstić information content (AvgIpc) is 3.65. The zero-order chi connectivity index (χ0) is 38.6. The Balaban J connectivity index is 1.32. The highest BCUT2D eigenvalue weighted by atomic mass is 16.1. The number of fused-ring (bicyclic) bond motifs is 6. The summed E-state index contributed by atoms with van der Waals surface area (Å²) in [5, 5.41) is 2.92. The van der Waals surface area contributed by atoms with Crippen LogP contribution in [0.5, 0.6) is 0 Å². The van der Waals surface area contributed by atoms with Crippen molar-refractivity contribution in [3.05, 3.63) is 192 Å². The van der Waals surface area contributed by atoms with Gasteiger partial charge in [0.1, 0.15) is 0 Å². The lowest BCUT2D eigenvalue weighted by molar-refractivity contribution is 0.937. The molecule has 7 aromatic carbocycles. The van der Waals surface area contributed by atoms with E-state index in [1.807, 2.05) is 174 Å². The minimum absolute atomic E-state index is 0.105. The topological polar surface area (TPSA) is 104 Å². The van der Waals surface area contributed by atoms with Crippen molar-refractivity contribution in [1.29, 1.82) is 0 Å². The van der Waals surface area contributed by atoms with Crippen LogP contribution in [0, 0.1) is 0 Å². The van der Waals surface area contributed by atoms with Crippen molar-refractivity contribution in [3.8, 4) is 57.4 Å². The second-order valence-electron chi connectivity index (χ2n) is 13.9. The van der Waals surface area contributed by atoms with Gasteiger partial charge in [-0.05, 0) is 24.3 Å². The Morgan fingerprint density at radius 2 is 0.621 bits per heavy atom. The molecule has 58 heavy (non-hydrogen) atoms. The van der Waals surface area contributed by atoms with Gasteiger partial charge in [-0.2, -0.15) is 19.9 Å². The lowest BCUT2D eigenvalue weighted by Crippen LogP contribution is -2.15. The Bertz CT molecular complexity index is 3290. The largest absolute Gasteiger partial charge is 0.288 e. The highest BCUT2D eigenvalue weighted by molar-refractivity contribution is 6.19. The van der Waals surface area contributed by atoms with Gasteiger partial charge in [-0.25, -0.2) is 9.97 Å². The van der Waals surface area contributed by atoms with E-state index in [9.17, 15) is 4.79 Å². The van der Waals surface area contributed by atoms with Crippen molar-refractivity contribution in [2.45, 2.75) is 0 Å². The molecule has 0 saturated carbocycles. The second-order valence-corrected chi connectivity index (χ2v) is 13.9. The average molecular weight is 747 g/mol. The van der Waals surface area contributed by atoms with Gasteiger partial charge in [0.2, 0.25) is 11.9 Å². The first-order valence-electron chi connectivity index (χ1n) is 18.9. The van der Waals surface area contributed by atoms with E-state index in [1.54, 1.807) is 0 Å². The Kier molecular flexibility index (Phi) is 7.75. The van der Waals surface area contributed by atoms with Gasteiger partial charge in [-0.3, -0.25) is 13.9 Å². The second kappa shape index (κ2) is 13.5. The molecule has 0 radical (unpaired) electrons. The maximum atomic E-state index is 14.7. The van der Waals surface area contributed by atoms with E-state index in [2.05, 4.69) is 16.7 Å². The molecule has 9 nitrogen and oxygen atoms in total. The summed E-state index contributed by atoms with van der Waals surface area (Å²) >= 11 is 0. The first kappa shape index (κ1) is 33.2. The number of rotatable bonds is 6. The van der Waals surface area contributed by atoms with Crippen molar-refractivity contribution in [2.24, 2.45) is 0 Å². The molecule has 0 spiro atoms. The van der Waals surface area contributed by atoms with Crippen molar-refractivity contribution < 1.29 is 0 Å². The van der Waals surface area contributed by atoms with Crippen molar-refractivity contribution in [1.82, 2.24) is 39.0 Å². The van der Waals surface area contributed by atoms with Crippen LogP contribution in [0.3, 0.4) is 0 Å². The summed E-state index contributed by atoms with van der Waals surface area (Å²) in [6, 6.07) is 59.3. The zero-order valence-electron chi connectivity index (χ0n) is 30.8. The SMILES string of the molecule is O=c1c2ccccc2n(-c2nc(-c3ccccc3)nc(-c3ccccc3)n2)c2c1ccc1c3ccccc3n(-c3nc(-c4ccccc4)nc(-c4ccccc4)n3)c12. The Hall–Kier alpha value is -8.17. The van der Waals surface area contributed by atoms with Crippen molar-refractivity contribution in [2.75, 3.05) is 0 Å². The summed E-state index contributed by atoms with van der Waals surface area (Å²) in [6.07, 6.45) is 0. The highest BCUT2D eigenvalue weighted by Gasteiger charge is 2.25. The quantitative estimate of drug-likeness (QED) is 0.156. The fourth-order valence-corrected chi connectivity index (χ4v) is 7.79. The van der Waals surface area contributed by atoms with Crippen LogP contribution in [0.1, 0.15) is 0 Å². The third-order valence-corrected chi connectivity index (χ3v) is 10.4. The van der Waals surface area contributed by atoms with Gasteiger partial charge in [0.15, 0.2) is 28.7 Å². The number of hydrogen-bond donors (Lipinski definition) is 0. The minimum atomic E-state index is -0.105.